The lowest BCUT2D eigenvalue weighted by atomic mass is 9.94. The van der Waals surface area contributed by atoms with Crippen molar-refractivity contribution in [1.82, 2.24) is 19.5 Å². The number of rotatable bonds is 6. The summed E-state index contributed by atoms with van der Waals surface area (Å²) in [6, 6.07) is 72.5. The Morgan fingerprint density at radius 2 is 0.860 bits per heavy atom. The normalized spacial score (nSPS) is 11.5. The van der Waals surface area contributed by atoms with Crippen LogP contribution in [0.5, 0.6) is 0 Å². The second kappa shape index (κ2) is 13.6. The van der Waals surface area contributed by atoms with Crippen LogP contribution in [0.2, 0.25) is 0 Å². The topological polar surface area (TPSA) is 43.6 Å². The molecule has 3 heterocycles. The van der Waals surface area contributed by atoms with Gasteiger partial charge in [0.15, 0.2) is 5.82 Å². The van der Waals surface area contributed by atoms with Crippen molar-refractivity contribution in [2.75, 3.05) is 0 Å². The maximum Gasteiger partial charge on any atom is 0.160 e. The summed E-state index contributed by atoms with van der Waals surface area (Å²) >= 11 is 0. The third-order valence-corrected chi connectivity index (χ3v) is 11.0. The molecule has 11 rings (SSSR count). The second-order valence-electron chi connectivity index (χ2n) is 14.4. The largest absolute Gasteiger partial charge is 0.309 e. The molecule has 0 spiro atoms. The lowest BCUT2D eigenvalue weighted by molar-refractivity contribution is 1.18. The number of fused-ring (bicyclic) bond motifs is 7. The molecule has 11 aromatic rings. The molecule has 0 radical (unpaired) electrons. The molecule has 57 heavy (non-hydrogen) atoms. The fraction of sp³-hybridized carbons (Fsp3) is 0. The lowest BCUT2D eigenvalue weighted by Gasteiger charge is -2.14. The molecule has 0 aliphatic carbocycles. The maximum atomic E-state index is 5.51. The Kier molecular flexibility index (Phi) is 7.78. The van der Waals surface area contributed by atoms with Crippen LogP contribution in [0, 0.1) is 0 Å². The summed E-state index contributed by atoms with van der Waals surface area (Å²) in [5.74, 6) is 0.708. The maximum absolute atomic E-state index is 5.51. The Hall–Kier alpha value is -7.69. The molecule has 0 saturated heterocycles. The van der Waals surface area contributed by atoms with Gasteiger partial charge in [-0.2, -0.15) is 0 Å². The fourth-order valence-electron chi connectivity index (χ4n) is 8.30. The molecular formula is C53H34N4. The molecule has 0 amide bonds. The van der Waals surface area contributed by atoms with E-state index in [0.717, 1.165) is 67.1 Å². The van der Waals surface area contributed by atoms with Crippen molar-refractivity contribution in [2.24, 2.45) is 0 Å². The fourth-order valence-corrected chi connectivity index (χ4v) is 8.30. The van der Waals surface area contributed by atoms with E-state index in [-0.39, 0.29) is 0 Å². The Balaban J connectivity index is 1.06. The summed E-state index contributed by atoms with van der Waals surface area (Å²) < 4.78 is 2.38. The number of hydrogen-bond acceptors (Lipinski definition) is 3. The van der Waals surface area contributed by atoms with Gasteiger partial charge in [-0.05, 0) is 52.9 Å². The molecule has 8 aromatic carbocycles. The minimum Gasteiger partial charge on any atom is -0.309 e. The molecule has 0 saturated carbocycles. The van der Waals surface area contributed by atoms with Crippen LogP contribution >= 0.6 is 0 Å². The Bertz CT molecular complexity index is 3190. The average molecular weight is 727 g/mol. The van der Waals surface area contributed by atoms with Gasteiger partial charge in [-0.25, -0.2) is 15.0 Å². The van der Waals surface area contributed by atoms with Crippen molar-refractivity contribution in [3.8, 4) is 62.0 Å². The van der Waals surface area contributed by atoms with Crippen LogP contribution < -0.4 is 0 Å². The van der Waals surface area contributed by atoms with Crippen LogP contribution in [0.25, 0.3) is 105 Å². The smallest absolute Gasteiger partial charge is 0.160 e. The van der Waals surface area contributed by atoms with Gasteiger partial charge in [-0.1, -0.05) is 170 Å². The molecule has 0 atom stereocenters. The third-order valence-electron chi connectivity index (χ3n) is 11.0. The molecular weight excluding hydrogens is 693 g/mol. The van der Waals surface area contributed by atoms with E-state index in [1.807, 2.05) is 36.4 Å². The standard InChI is InChI=1S/C53H34N4/c1-5-15-36(16-6-1)45-34-46(56-53(55-45)39-19-9-3-10-20-39)37-27-25-35(26-28-37)40-29-30-42-43-31-32-49-50(51(43)52(54-47(42)33-40)38-17-7-2-8-18-38)44-23-13-14-24-48(44)57(49)41-21-11-4-12-22-41/h1-34H. The quantitative estimate of drug-likeness (QED) is 0.160. The van der Waals surface area contributed by atoms with E-state index < -0.39 is 0 Å². The zero-order chi connectivity index (χ0) is 37.7. The van der Waals surface area contributed by atoms with Gasteiger partial charge in [0, 0.05) is 49.5 Å². The molecule has 4 nitrogen and oxygen atoms in total. The van der Waals surface area contributed by atoms with Crippen LogP contribution in [-0.4, -0.2) is 19.5 Å². The van der Waals surface area contributed by atoms with Crippen molar-refractivity contribution >= 4 is 43.5 Å². The van der Waals surface area contributed by atoms with E-state index in [1.165, 1.54) is 32.6 Å². The van der Waals surface area contributed by atoms with Crippen LogP contribution in [-0.2, 0) is 0 Å². The zero-order valence-electron chi connectivity index (χ0n) is 30.9. The minimum atomic E-state index is 0.708. The number of benzene rings is 8. The van der Waals surface area contributed by atoms with Gasteiger partial charge in [0.2, 0.25) is 0 Å². The summed E-state index contributed by atoms with van der Waals surface area (Å²) in [5, 5.41) is 5.93. The van der Waals surface area contributed by atoms with Crippen molar-refractivity contribution in [2.45, 2.75) is 0 Å². The van der Waals surface area contributed by atoms with Gasteiger partial charge in [-0.15, -0.1) is 0 Å². The molecule has 0 fully saturated rings. The van der Waals surface area contributed by atoms with Gasteiger partial charge in [0.05, 0.1) is 33.6 Å². The SMILES string of the molecule is c1ccc(-c2cc(-c3ccc(-c4ccc5c(c4)nc(-c4ccccc4)c4c5ccc5c4c4ccccc4n5-c4ccccc4)cc3)nc(-c3ccccc3)n2)cc1. The molecule has 266 valence electrons. The first-order valence-electron chi connectivity index (χ1n) is 19.3. The van der Waals surface area contributed by atoms with E-state index in [2.05, 4.69) is 174 Å². The van der Waals surface area contributed by atoms with Crippen LogP contribution in [0.3, 0.4) is 0 Å². The van der Waals surface area contributed by atoms with Gasteiger partial charge in [-0.3, -0.25) is 0 Å². The van der Waals surface area contributed by atoms with Crippen molar-refractivity contribution in [3.63, 3.8) is 0 Å². The van der Waals surface area contributed by atoms with Gasteiger partial charge in [0.1, 0.15) is 0 Å². The van der Waals surface area contributed by atoms with E-state index in [0.29, 0.717) is 5.82 Å². The number of pyridine rings is 1. The van der Waals surface area contributed by atoms with Gasteiger partial charge in [0.25, 0.3) is 0 Å². The van der Waals surface area contributed by atoms with Gasteiger partial charge < -0.3 is 4.57 Å². The summed E-state index contributed by atoms with van der Waals surface area (Å²) in [4.78, 5) is 15.5. The second-order valence-corrected chi connectivity index (χ2v) is 14.4. The van der Waals surface area contributed by atoms with E-state index in [9.17, 15) is 0 Å². The first kappa shape index (κ1) is 32.7. The summed E-state index contributed by atoms with van der Waals surface area (Å²) in [6.45, 7) is 0. The highest BCUT2D eigenvalue weighted by molar-refractivity contribution is 6.28. The van der Waals surface area contributed by atoms with E-state index in [4.69, 9.17) is 15.0 Å². The highest BCUT2D eigenvalue weighted by Crippen LogP contribution is 2.43. The summed E-state index contributed by atoms with van der Waals surface area (Å²) in [7, 11) is 0. The number of para-hydroxylation sites is 2. The van der Waals surface area contributed by atoms with E-state index >= 15 is 0 Å². The number of hydrogen-bond donors (Lipinski definition) is 0. The highest BCUT2D eigenvalue weighted by atomic mass is 15.0. The summed E-state index contributed by atoms with van der Waals surface area (Å²) in [6.07, 6.45) is 0. The number of nitrogens with zero attached hydrogens (tertiary/aromatic N) is 4. The van der Waals surface area contributed by atoms with Crippen molar-refractivity contribution in [3.05, 3.63) is 206 Å². The first-order chi connectivity index (χ1) is 28.3. The minimum absolute atomic E-state index is 0.708. The highest BCUT2D eigenvalue weighted by Gasteiger charge is 2.20. The van der Waals surface area contributed by atoms with Crippen LogP contribution in [0.1, 0.15) is 0 Å². The Morgan fingerprint density at radius 3 is 1.56 bits per heavy atom. The lowest BCUT2D eigenvalue weighted by Crippen LogP contribution is -1.96. The number of aromatic nitrogens is 4. The average Bonchev–Trinajstić information content (AvgIpc) is 3.64. The van der Waals surface area contributed by atoms with Crippen molar-refractivity contribution in [1.29, 1.82) is 0 Å². The Morgan fingerprint density at radius 1 is 0.316 bits per heavy atom. The van der Waals surface area contributed by atoms with Crippen molar-refractivity contribution < 1.29 is 0 Å². The molecule has 3 aromatic heterocycles. The molecule has 0 aliphatic heterocycles. The molecule has 0 aliphatic rings. The Labute approximate surface area is 330 Å². The predicted octanol–water partition coefficient (Wildman–Crippen LogP) is 13.6. The zero-order valence-corrected chi connectivity index (χ0v) is 30.9. The third kappa shape index (κ3) is 5.66. The first-order valence-corrected chi connectivity index (χ1v) is 19.3. The molecule has 0 N–H and O–H groups in total. The molecule has 0 bridgehead atoms. The van der Waals surface area contributed by atoms with Gasteiger partial charge >= 0.3 is 0 Å². The molecule has 4 heteroatoms. The van der Waals surface area contributed by atoms with Crippen LogP contribution in [0.15, 0.2) is 206 Å². The molecule has 0 unspecified atom stereocenters. The van der Waals surface area contributed by atoms with Crippen LogP contribution in [0.4, 0.5) is 0 Å². The summed E-state index contributed by atoms with van der Waals surface area (Å²) in [5.41, 5.74) is 13.6. The van der Waals surface area contributed by atoms with E-state index in [1.54, 1.807) is 0 Å². The monoisotopic (exact) mass is 726 g/mol. The predicted molar refractivity (Wildman–Crippen MR) is 236 cm³/mol.